The summed E-state index contributed by atoms with van der Waals surface area (Å²) in [6.45, 7) is 6.77. The van der Waals surface area contributed by atoms with Gasteiger partial charge < -0.3 is 10.2 Å². The zero-order valence-corrected chi connectivity index (χ0v) is 24.5. The summed E-state index contributed by atoms with van der Waals surface area (Å²) in [6, 6.07) is 56.0. The topological polar surface area (TPSA) is 15.3 Å². The second-order valence-corrected chi connectivity index (χ2v) is 11.6. The van der Waals surface area contributed by atoms with Crippen molar-refractivity contribution in [2.24, 2.45) is 0 Å². The third-order valence-electron chi connectivity index (χ3n) is 7.61. The first-order chi connectivity index (χ1) is 20.5. The standard InChI is InChI=1S/C40H36N2/c1-40(2,3)33-23-27-36(28-24-33)42(39-20-11-10-19-38(39)32-15-8-5-9-16-32)37-18-12-17-35(29-37)41-34-25-21-31(22-26-34)30-13-6-4-7-14-30/h4-29,41H,1-3H3. The van der Waals surface area contributed by atoms with Crippen molar-refractivity contribution in [3.63, 3.8) is 0 Å². The molecule has 0 bridgehead atoms. The maximum absolute atomic E-state index is 3.63. The van der Waals surface area contributed by atoms with Crippen LogP contribution in [0.15, 0.2) is 158 Å². The van der Waals surface area contributed by atoms with Gasteiger partial charge >= 0.3 is 0 Å². The average Bonchev–Trinajstić information content (AvgIpc) is 3.03. The van der Waals surface area contributed by atoms with Crippen LogP contribution < -0.4 is 10.2 Å². The molecule has 6 rings (SSSR count). The SMILES string of the molecule is CC(C)(C)c1ccc(N(c2cccc(Nc3ccc(-c4ccccc4)cc3)c2)c2ccccc2-c2ccccc2)cc1. The molecule has 0 saturated carbocycles. The average molecular weight is 545 g/mol. The van der Waals surface area contributed by atoms with Crippen LogP contribution in [-0.2, 0) is 5.41 Å². The lowest BCUT2D eigenvalue weighted by Crippen LogP contribution is -2.14. The van der Waals surface area contributed by atoms with E-state index >= 15 is 0 Å². The smallest absolute Gasteiger partial charge is 0.0540 e. The van der Waals surface area contributed by atoms with Crippen LogP contribution in [0.4, 0.5) is 28.4 Å². The molecule has 206 valence electrons. The molecule has 0 aliphatic carbocycles. The Bertz CT molecular complexity index is 1750. The molecule has 0 spiro atoms. The van der Waals surface area contributed by atoms with Gasteiger partial charge in [0.05, 0.1) is 5.69 Å². The van der Waals surface area contributed by atoms with Crippen molar-refractivity contribution in [2.75, 3.05) is 10.2 Å². The quantitative estimate of drug-likeness (QED) is 0.215. The van der Waals surface area contributed by atoms with Gasteiger partial charge in [0.1, 0.15) is 0 Å². The van der Waals surface area contributed by atoms with Crippen LogP contribution in [0.25, 0.3) is 22.3 Å². The molecule has 2 heteroatoms. The van der Waals surface area contributed by atoms with Gasteiger partial charge in [-0.15, -0.1) is 0 Å². The number of nitrogens with zero attached hydrogens (tertiary/aromatic N) is 1. The second-order valence-electron chi connectivity index (χ2n) is 11.6. The minimum absolute atomic E-state index is 0.0885. The van der Waals surface area contributed by atoms with E-state index in [9.17, 15) is 0 Å². The summed E-state index contributed by atoms with van der Waals surface area (Å²) in [5.41, 5.74) is 11.6. The van der Waals surface area contributed by atoms with E-state index in [1.54, 1.807) is 0 Å². The van der Waals surface area contributed by atoms with Crippen molar-refractivity contribution in [3.8, 4) is 22.3 Å². The zero-order valence-electron chi connectivity index (χ0n) is 24.5. The number of hydrogen-bond donors (Lipinski definition) is 1. The fraction of sp³-hybridized carbons (Fsp3) is 0.100. The van der Waals surface area contributed by atoms with Gasteiger partial charge in [0.25, 0.3) is 0 Å². The largest absolute Gasteiger partial charge is 0.355 e. The van der Waals surface area contributed by atoms with Crippen molar-refractivity contribution in [2.45, 2.75) is 26.2 Å². The lowest BCUT2D eigenvalue weighted by atomic mass is 9.87. The Hall–Kier alpha value is -5.08. The number of nitrogens with one attached hydrogen (secondary N) is 1. The van der Waals surface area contributed by atoms with E-state index in [-0.39, 0.29) is 5.41 Å². The molecule has 0 amide bonds. The minimum atomic E-state index is 0.0885. The van der Waals surface area contributed by atoms with Gasteiger partial charge in [-0.3, -0.25) is 0 Å². The highest BCUT2D eigenvalue weighted by atomic mass is 15.1. The van der Waals surface area contributed by atoms with Crippen molar-refractivity contribution in [1.82, 2.24) is 0 Å². The summed E-state index contributed by atoms with van der Waals surface area (Å²) < 4.78 is 0. The molecule has 0 saturated heterocycles. The van der Waals surface area contributed by atoms with E-state index in [1.807, 2.05) is 6.07 Å². The Morgan fingerprint density at radius 3 is 1.71 bits per heavy atom. The molecule has 0 heterocycles. The number of anilines is 5. The lowest BCUT2D eigenvalue weighted by Gasteiger charge is -2.29. The van der Waals surface area contributed by atoms with Gasteiger partial charge in [-0.2, -0.15) is 0 Å². The molecule has 0 unspecified atom stereocenters. The van der Waals surface area contributed by atoms with E-state index < -0.39 is 0 Å². The highest BCUT2D eigenvalue weighted by molar-refractivity contribution is 5.89. The van der Waals surface area contributed by atoms with Crippen LogP contribution in [0.5, 0.6) is 0 Å². The second kappa shape index (κ2) is 11.8. The minimum Gasteiger partial charge on any atom is -0.355 e. The van der Waals surface area contributed by atoms with Gasteiger partial charge in [0, 0.05) is 28.3 Å². The predicted molar refractivity (Wildman–Crippen MR) is 180 cm³/mol. The van der Waals surface area contributed by atoms with E-state index in [1.165, 1.54) is 27.8 Å². The molecule has 6 aromatic carbocycles. The van der Waals surface area contributed by atoms with E-state index in [0.29, 0.717) is 0 Å². The first kappa shape index (κ1) is 27.1. The van der Waals surface area contributed by atoms with E-state index in [0.717, 1.165) is 28.4 Å². The van der Waals surface area contributed by atoms with Crippen LogP contribution in [0.1, 0.15) is 26.3 Å². The number of para-hydroxylation sites is 1. The third-order valence-corrected chi connectivity index (χ3v) is 7.61. The summed E-state index contributed by atoms with van der Waals surface area (Å²) in [5.74, 6) is 0. The Kier molecular flexibility index (Phi) is 7.62. The number of benzene rings is 6. The van der Waals surface area contributed by atoms with Crippen LogP contribution >= 0.6 is 0 Å². The number of hydrogen-bond acceptors (Lipinski definition) is 2. The highest BCUT2D eigenvalue weighted by Crippen LogP contribution is 2.42. The zero-order chi connectivity index (χ0) is 28.9. The van der Waals surface area contributed by atoms with E-state index in [2.05, 4.69) is 183 Å². The molecule has 6 aromatic rings. The molecule has 2 nitrogen and oxygen atoms in total. The maximum atomic E-state index is 3.63. The van der Waals surface area contributed by atoms with Crippen LogP contribution in [0.3, 0.4) is 0 Å². The molecule has 42 heavy (non-hydrogen) atoms. The monoisotopic (exact) mass is 544 g/mol. The van der Waals surface area contributed by atoms with Gasteiger partial charge in [0.15, 0.2) is 0 Å². The van der Waals surface area contributed by atoms with E-state index in [4.69, 9.17) is 0 Å². The first-order valence-electron chi connectivity index (χ1n) is 14.5. The van der Waals surface area contributed by atoms with Crippen LogP contribution in [-0.4, -0.2) is 0 Å². The van der Waals surface area contributed by atoms with Crippen molar-refractivity contribution in [1.29, 1.82) is 0 Å². The van der Waals surface area contributed by atoms with Crippen molar-refractivity contribution < 1.29 is 0 Å². The van der Waals surface area contributed by atoms with Crippen LogP contribution in [0, 0.1) is 0 Å². The fourth-order valence-corrected chi connectivity index (χ4v) is 5.33. The van der Waals surface area contributed by atoms with Gasteiger partial charge in [0.2, 0.25) is 0 Å². The number of rotatable bonds is 7. The normalized spacial score (nSPS) is 11.2. The Balaban J connectivity index is 1.39. The Morgan fingerprint density at radius 2 is 1.05 bits per heavy atom. The molecule has 0 aliphatic heterocycles. The van der Waals surface area contributed by atoms with Gasteiger partial charge in [-0.25, -0.2) is 0 Å². The molecule has 0 aliphatic rings. The molecule has 0 aromatic heterocycles. The van der Waals surface area contributed by atoms with Crippen LogP contribution in [0.2, 0.25) is 0 Å². The summed E-state index contributed by atoms with van der Waals surface area (Å²) >= 11 is 0. The third kappa shape index (κ3) is 5.99. The van der Waals surface area contributed by atoms with Gasteiger partial charge in [-0.05, 0) is 76.2 Å². The van der Waals surface area contributed by atoms with Crippen molar-refractivity contribution in [3.05, 3.63) is 163 Å². The molecule has 0 radical (unpaired) electrons. The summed E-state index contributed by atoms with van der Waals surface area (Å²) in [7, 11) is 0. The van der Waals surface area contributed by atoms with Gasteiger partial charge in [-0.1, -0.05) is 130 Å². The van der Waals surface area contributed by atoms with Crippen molar-refractivity contribution >= 4 is 28.4 Å². The molecule has 0 fully saturated rings. The molecular weight excluding hydrogens is 508 g/mol. The lowest BCUT2D eigenvalue weighted by molar-refractivity contribution is 0.590. The Labute approximate surface area is 249 Å². The fourth-order valence-electron chi connectivity index (χ4n) is 5.33. The molecule has 1 N–H and O–H groups in total. The summed E-state index contributed by atoms with van der Waals surface area (Å²) in [6.07, 6.45) is 0. The maximum Gasteiger partial charge on any atom is 0.0540 e. The summed E-state index contributed by atoms with van der Waals surface area (Å²) in [5, 5.41) is 3.63. The first-order valence-corrected chi connectivity index (χ1v) is 14.5. The Morgan fingerprint density at radius 1 is 0.452 bits per heavy atom. The summed E-state index contributed by atoms with van der Waals surface area (Å²) in [4.78, 5) is 2.36. The highest BCUT2D eigenvalue weighted by Gasteiger charge is 2.19. The molecule has 0 atom stereocenters. The predicted octanol–water partition coefficient (Wildman–Crippen LogP) is 11.5. The molecular formula is C40H36N2.